The molecule has 0 spiro atoms. The van der Waals surface area contributed by atoms with Crippen molar-refractivity contribution in [2.75, 3.05) is 7.11 Å². The van der Waals surface area contributed by atoms with Gasteiger partial charge >= 0.3 is 0 Å². The van der Waals surface area contributed by atoms with Crippen molar-refractivity contribution >= 4 is 12.1 Å². The Labute approximate surface area is 104 Å². The molecule has 0 saturated heterocycles. The van der Waals surface area contributed by atoms with E-state index < -0.39 is 17.5 Å². The second-order valence-electron chi connectivity index (χ2n) is 4.48. The summed E-state index contributed by atoms with van der Waals surface area (Å²) >= 11 is 0. The van der Waals surface area contributed by atoms with Crippen LogP contribution in [0.25, 0.3) is 0 Å². The van der Waals surface area contributed by atoms with Gasteiger partial charge in [0.15, 0.2) is 11.9 Å². The minimum atomic E-state index is -1.78. The van der Waals surface area contributed by atoms with Gasteiger partial charge in [-0.2, -0.15) is 0 Å². The highest BCUT2D eigenvalue weighted by atomic mass is 16.5. The third-order valence-electron chi connectivity index (χ3n) is 3.17. The van der Waals surface area contributed by atoms with E-state index in [1.165, 1.54) is 20.3 Å². The van der Waals surface area contributed by atoms with Crippen LogP contribution in [0.1, 0.15) is 13.8 Å². The second-order valence-corrected chi connectivity index (χ2v) is 4.48. The number of carbonyl (C=O) groups is 2. The number of ether oxygens (including phenoxy) is 2. The fourth-order valence-corrected chi connectivity index (χ4v) is 2.27. The predicted molar refractivity (Wildman–Crippen MR) is 62.4 cm³/mol. The average molecular weight is 250 g/mol. The van der Waals surface area contributed by atoms with Crippen molar-refractivity contribution in [3.05, 3.63) is 34.8 Å². The van der Waals surface area contributed by atoms with Gasteiger partial charge in [0.25, 0.3) is 0 Å². The Bertz CT molecular complexity index is 507. The SMILES string of the molecule is CO[C@H]1C2=COC(C)=CC2=C(C=O)C(=O)[C@@]1(C)O. The quantitative estimate of drug-likeness (QED) is 0.575. The standard InChI is InChI=1S/C13H14O5/c1-7-4-8-9(5-14)11(15)13(2,16)12(17-3)10(8)6-18-7/h4-6,12,16H,1-3H3/t12-,13+/m0/s1. The Kier molecular flexibility index (Phi) is 2.96. The molecule has 0 aromatic heterocycles. The molecule has 0 amide bonds. The van der Waals surface area contributed by atoms with E-state index >= 15 is 0 Å². The van der Waals surface area contributed by atoms with Gasteiger partial charge in [0.05, 0.1) is 11.8 Å². The summed E-state index contributed by atoms with van der Waals surface area (Å²) in [4.78, 5) is 23.2. The second kappa shape index (κ2) is 4.19. The van der Waals surface area contributed by atoms with Crippen molar-refractivity contribution in [3.8, 4) is 0 Å². The molecule has 5 nitrogen and oxygen atoms in total. The van der Waals surface area contributed by atoms with Crippen molar-refractivity contribution in [2.24, 2.45) is 0 Å². The van der Waals surface area contributed by atoms with E-state index in [9.17, 15) is 14.7 Å². The number of allylic oxidation sites excluding steroid dienone is 2. The minimum absolute atomic E-state index is 0.0535. The van der Waals surface area contributed by atoms with Crippen LogP contribution >= 0.6 is 0 Å². The van der Waals surface area contributed by atoms with Crippen LogP contribution in [0.3, 0.4) is 0 Å². The molecule has 1 aliphatic carbocycles. The summed E-state index contributed by atoms with van der Waals surface area (Å²) in [6.45, 7) is 3.04. The maximum Gasteiger partial charge on any atom is 0.201 e. The maximum absolute atomic E-state index is 12.1. The molecule has 0 aromatic rings. The normalized spacial score (nSPS) is 31.3. The molecule has 5 heteroatoms. The zero-order chi connectivity index (χ0) is 13.5. The zero-order valence-corrected chi connectivity index (χ0v) is 10.4. The molecular formula is C13H14O5. The van der Waals surface area contributed by atoms with Crippen LogP contribution < -0.4 is 0 Å². The van der Waals surface area contributed by atoms with Gasteiger partial charge in [0, 0.05) is 18.3 Å². The molecule has 18 heavy (non-hydrogen) atoms. The summed E-state index contributed by atoms with van der Waals surface area (Å²) in [5.74, 6) is -0.0697. The number of aliphatic hydroxyl groups is 1. The number of carbonyl (C=O) groups excluding carboxylic acids is 2. The summed E-state index contributed by atoms with van der Waals surface area (Å²) in [7, 11) is 1.39. The molecule has 96 valence electrons. The first-order valence-electron chi connectivity index (χ1n) is 5.48. The molecule has 0 fully saturated rings. The Morgan fingerprint density at radius 2 is 2.22 bits per heavy atom. The lowest BCUT2D eigenvalue weighted by Gasteiger charge is -2.37. The number of hydrogen-bond acceptors (Lipinski definition) is 5. The van der Waals surface area contributed by atoms with Crippen LogP contribution in [0.2, 0.25) is 0 Å². The molecular weight excluding hydrogens is 236 g/mol. The van der Waals surface area contributed by atoms with Crippen LogP contribution in [0.15, 0.2) is 34.8 Å². The Morgan fingerprint density at radius 3 is 2.78 bits per heavy atom. The molecule has 0 radical (unpaired) electrons. The molecule has 1 N–H and O–H groups in total. The van der Waals surface area contributed by atoms with Gasteiger partial charge in [-0.25, -0.2) is 0 Å². The Morgan fingerprint density at radius 1 is 1.56 bits per heavy atom. The molecule has 0 aromatic carbocycles. The Hall–Kier alpha value is -1.72. The van der Waals surface area contributed by atoms with Crippen LogP contribution in [0.4, 0.5) is 0 Å². The fraction of sp³-hybridized carbons (Fsp3) is 0.385. The highest BCUT2D eigenvalue weighted by molar-refractivity contribution is 6.18. The third-order valence-corrected chi connectivity index (χ3v) is 3.17. The first-order valence-corrected chi connectivity index (χ1v) is 5.48. The number of ketones is 1. The zero-order valence-electron chi connectivity index (χ0n) is 10.4. The van der Waals surface area contributed by atoms with Gasteiger partial charge in [-0.3, -0.25) is 9.59 Å². The highest BCUT2D eigenvalue weighted by Crippen LogP contribution is 2.38. The van der Waals surface area contributed by atoms with E-state index in [4.69, 9.17) is 9.47 Å². The van der Waals surface area contributed by atoms with Gasteiger partial charge in [-0.05, 0) is 19.9 Å². The molecule has 2 atom stereocenters. The van der Waals surface area contributed by atoms with Gasteiger partial charge in [-0.1, -0.05) is 0 Å². The number of aldehydes is 1. The first-order chi connectivity index (χ1) is 8.43. The topological polar surface area (TPSA) is 72.8 Å². The van der Waals surface area contributed by atoms with Gasteiger partial charge < -0.3 is 14.6 Å². The summed E-state index contributed by atoms with van der Waals surface area (Å²) in [6, 6.07) is 0. The van der Waals surface area contributed by atoms with Crippen molar-refractivity contribution in [1.29, 1.82) is 0 Å². The predicted octanol–water partition coefficient (Wildman–Crippen LogP) is 0.648. The van der Waals surface area contributed by atoms with Crippen molar-refractivity contribution in [3.63, 3.8) is 0 Å². The monoisotopic (exact) mass is 250 g/mol. The summed E-state index contributed by atoms with van der Waals surface area (Å²) in [6.07, 6.45) is 2.61. The van der Waals surface area contributed by atoms with Crippen molar-refractivity contribution < 1.29 is 24.2 Å². The number of methoxy groups -OCH3 is 1. The van der Waals surface area contributed by atoms with E-state index in [0.29, 0.717) is 23.2 Å². The van der Waals surface area contributed by atoms with Crippen molar-refractivity contribution in [1.82, 2.24) is 0 Å². The van der Waals surface area contributed by atoms with E-state index in [-0.39, 0.29) is 5.57 Å². The summed E-state index contributed by atoms with van der Waals surface area (Å²) in [5.41, 5.74) is -0.878. The summed E-state index contributed by atoms with van der Waals surface area (Å²) in [5, 5.41) is 10.2. The summed E-state index contributed by atoms with van der Waals surface area (Å²) < 4.78 is 10.4. The number of rotatable bonds is 2. The highest BCUT2D eigenvalue weighted by Gasteiger charge is 2.49. The lowest BCUT2D eigenvalue weighted by Crippen LogP contribution is -2.53. The Balaban J connectivity index is 2.69. The minimum Gasteiger partial charge on any atom is -0.469 e. The van der Waals surface area contributed by atoms with E-state index in [2.05, 4.69) is 0 Å². The molecule has 0 saturated carbocycles. The molecule has 0 bridgehead atoms. The fourth-order valence-electron chi connectivity index (χ4n) is 2.27. The molecule has 2 rings (SSSR count). The number of fused-ring (bicyclic) bond motifs is 1. The molecule has 0 unspecified atom stereocenters. The molecule has 1 heterocycles. The first kappa shape index (κ1) is 12.7. The van der Waals surface area contributed by atoms with Crippen LogP contribution in [-0.4, -0.2) is 36.0 Å². The van der Waals surface area contributed by atoms with Gasteiger partial charge in [0.2, 0.25) is 5.78 Å². The maximum atomic E-state index is 12.1. The third kappa shape index (κ3) is 1.63. The molecule has 1 aliphatic heterocycles. The average Bonchev–Trinajstić information content (AvgIpc) is 2.32. The van der Waals surface area contributed by atoms with E-state index in [1.54, 1.807) is 13.0 Å². The van der Waals surface area contributed by atoms with Gasteiger partial charge in [-0.15, -0.1) is 0 Å². The van der Waals surface area contributed by atoms with E-state index in [0.717, 1.165) is 0 Å². The van der Waals surface area contributed by atoms with Crippen LogP contribution in [0.5, 0.6) is 0 Å². The van der Waals surface area contributed by atoms with Crippen LogP contribution in [0, 0.1) is 0 Å². The molecule has 2 aliphatic rings. The number of hydrogen-bond donors (Lipinski definition) is 1. The smallest absolute Gasteiger partial charge is 0.201 e. The van der Waals surface area contributed by atoms with Crippen molar-refractivity contribution in [2.45, 2.75) is 25.6 Å². The largest absolute Gasteiger partial charge is 0.469 e. The van der Waals surface area contributed by atoms with Gasteiger partial charge in [0.1, 0.15) is 11.9 Å². The van der Waals surface area contributed by atoms with E-state index in [1.807, 2.05) is 0 Å². The lowest BCUT2D eigenvalue weighted by molar-refractivity contribution is -0.144. The lowest BCUT2D eigenvalue weighted by atomic mass is 9.75. The number of Topliss-reactive ketones (excluding diaryl/α,β-unsaturated/α-hetero) is 1. The van der Waals surface area contributed by atoms with Crippen LogP contribution in [-0.2, 0) is 19.1 Å².